The fourth-order valence-electron chi connectivity index (χ4n) is 3.18. The summed E-state index contributed by atoms with van der Waals surface area (Å²) >= 11 is 0. The maximum absolute atomic E-state index is 12.1. The van der Waals surface area contributed by atoms with Crippen LogP contribution in [0.5, 0.6) is 11.5 Å². The molecule has 0 amide bonds. The van der Waals surface area contributed by atoms with E-state index in [-0.39, 0.29) is 0 Å². The maximum atomic E-state index is 12.1. The molecule has 0 N–H and O–H groups in total. The van der Waals surface area contributed by atoms with Crippen molar-refractivity contribution in [2.24, 2.45) is 0 Å². The number of carbonyl (C=O) groups is 1. The van der Waals surface area contributed by atoms with Gasteiger partial charge in [0.1, 0.15) is 17.1 Å². The second kappa shape index (κ2) is 11.7. The molecule has 1 aromatic heterocycles. The Balaban J connectivity index is 1.45. The van der Waals surface area contributed by atoms with Crippen molar-refractivity contribution in [2.45, 2.75) is 45.4 Å². The number of fused-ring (bicyclic) bond motifs is 1. The van der Waals surface area contributed by atoms with E-state index in [1.54, 1.807) is 30.3 Å². The summed E-state index contributed by atoms with van der Waals surface area (Å²) in [5, 5.41) is 0.686. The Morgan fingerprint density at radius 3 is 2.45 bits per heavy atom. The minimum absolute atomic E-state index is 0.384. The molecular formula is C26H28O5. The van der Waals surface area contributed by atoms with E-state index in [1.165, 1.54) is 44.2 Å². The summed E-state index contributed by atoms with van der Waals surface area (Å²) in [4.78, 5) is 23.3. The van der Waals surface area contributed by atoms with Crippen LogP contribution in [0.2, 0.25) is 0 Å². The van der Waals surface area contributed by atoms with Crippen molar-refractivity contribution < 1.29 is 18.7 Å². The highest BCUT2D eigenvalue weighted by atomic mass is 16.5. The molecule has 3 aromatic rings. The molecule has 0 fully saturated rings. The summed E-state index contributed by atoms with van der Waals surface area (Å²) in [6.45, 7) is 2.95. The predicted octanol–water partition coefficient (Wildman–Crippen LogP) is 6.15. The van der Waals surface area contributed by atoms with Gasteiger partial charge in [-0.2, -0.15) is 0 Å². The average Bonchev–Trinajstić information content (AvgIpc) is 2.78. The van der Waals surface area contributed by atoms with Crippen molar-refractivity contribution in [1.29, 1.82) is 0 Å². The van der Waals surface area contributed by atoms with Gasteiger partial charge in [-0.25, -0.2) is 9.59 Å². The zero-order valence-corrected chi connectivity index (χ0v) is 17.8. The first-order valence-electron chi connectivity index (χ1n) is 10.8. The van der Waals surface area contributed by atoms with Gasteiger partial charge in [-0.1, -0.05) is 51.2 Å². The molecule has 31 heavy (non-hydrogen) atoms. The van der Waals surface area contributed by atoms with Crippen molar-refractivity contribution in [3.8, 4) is 11.5 Å². The van der Waals surface area contributed by atoms with Crippen LogP contribution in [0.1, 0.15) is 51.0 Å². The minimum Gasteiger partial charge on any atom is -0.494 e. The topological polar surface area (TPSA) is 65.7 Å². The molecule has 0 aliphatic heterocycles. The molecule has 0 spiro atoms. The molecule has 5 heteroatoms. The van der Waals surface area contributed by atoms with E-state index in [1.807, 2.05) is 24.3 Å². The molecule has 1 heterocycles. The van der Waals surface area contributed by atoms with Gasteiger partial charge in [-0.3, -0.25) is 0 Å². The minimum atomic E-state index is -0.486. The van der Waals surface area contributed by atoms with Gasteiger partial charge in [-0.15, -0.1) is 0 Å². The fourth-order valence-corrected chi connectivity index (χ4v) is 3.18. The van der Waals surface area contributed by atoms with E-state index in [9.17, 15) is 9.59 Å². The van der Waals surface area contributed by atoms with Crippen LogP contribution >= 0.6 is 0 Å². The summed E-state index contributed by atoms with van der Waals surface area (Å²) < 4.78 is 16.2. The van der Waals surface area contributed by atoms with Gasteiger partial charge >= 0.3 is 11.6 Å². The van der Waals surface area contributed by atoms with E-state index in [0.29, 0.717) is 16.7 Å². The van der Waals surface area contributed by atoms with E-state index in [0.717, 1.165) is 24.3 Å². The summed E-state index contributed by atoms with van der Waals surface area (Å²) in [7, 11) is 0. The summed E-state index contributed by atoms with van der Waals surface area (Å²) in [5.41, 5.74) is 0.907. The van der Waals surface area contributed by atoms with Gasteiger partial charge in [0.25, 0.3) is 0 Å². The third-order valence-electron chi connectivity index (χ3n) is 4.87. The van der Waals surface area contributed by atoms with Gasteiger partial charge in [-0.05, 0) is 54.5 Å². The van der Waals surface area contributed by atoms with Gasteiger partial charge in [0.2, 0.25) is 0 Å². The lowest BCUT2D eigenvalue weighted by atomic mass is 10.1. The van der Waals surface area contributed by atoms with Gasteiger partial charge in [0, 0.05) is 17.5 Å². The molecule has 2 aromatic carbocycles. The van der Waals surface area contributed by atoms with Crippen LogP contribution in [-0.2, 0) is 4.79 Å². The smallest absolute Gasteiger partial charge is 0.336 e. The van der Waals surface area contributed by atoms with Crippen LogP contribution in [0.25, 0.3) is 17.0 Å². The lowest BCUT2D eigenvalue weighted by molar-refractivity contribution is -0.128. The molecule has 0 aliphatic carbocycles. The SMILES string of the molecule is CCCCCCCCOc1ccc(/C=C/C(=O)Oc2ccc3oc(=O)ccc3c2)cc1. The molecule has 0 saturated carbocycles. The predicted molar refractivity (Wildman–Crippen MR) is 122 cm³/mol. The van der Waals surface area contributed by atoms with Crippen molar-refractivity contribution in [1.82, 2.24) is 0 Å². The van der Waals surface area contributed by atoms with Crippen molar-refractivity contribution in [3.63, 3.8) is 0 Å². The number of benzene rings is 2. The zero-order valence-electron chi connectivity index (χ0n) is 17.8. The van der Waals surface area contributed by atoms with E-state index in [2.05, 4.69) is 6.92 Å². The molecule has 0 radical (unpaired) electrons. The van der Waals surface area contributed by atoms with Gasteiger partial charge in [0.15, 0.2) is 0 Å². The quantitative estimate of drug-likeness (QED) is 0.122. The van der Waals surface area contributed by atoms with Crippen LogP contribution < -0.4 is 15.1 Å². The number of esters is 1. The first kappa shape index (κ1) is 22.3. The number of ether oxygens (including phenoxy) is 2. The van der Waals surface area contributed by atoms with Gasteiger partial charge < -0.3 is 13.9 Å². The van der Waals surface area contributed by atoms with Crippen molar-refractivity contribution in [2.75, 3.05) is 6.61 Å². The van der Waals surface area contributed by atoms with Crippen LogP contribution in [0, 0.1) is 0 Å². The Morgan fingerprint density at radius 1 is 0.903 bits per heavy atom. The molecule has 0 unspecified atom stereocenters. The lowest BCUT2D eigenvalue weighted by Crippen LogP contribution is -2.03. The lowest BCUT2D eigenvalue weighted by Gasteiger charge is -2.06. The molecule has 0 atom stereocenters. The molecule has 0 aliphatic rings. The number of unbranched alkanes of at least 4 members (excludes halogenated alkanes) is 5. The van der Waals surface area contributed by atoms with Crippen molar-refractivity contribution >= 4 is 23.0 Å². The van der Waals surface area contributed by atoms with E-state index in [4.69, 9.17) is 13.9 Å². The highest BCUT2D eigenvalue weighted by molar-refractivity contribution is 5.89. The first-order valence-corrected chi connectivity index (χ1v) is 10.8. The molecule has 3 rings (SSSR count). The number of hydrogen-bond acceptors (Lipinski definition) is 5. The third-order valence-corrected chi connectivity index (χ3v) is 4.87. The van der Waals surface area contributed by atoms with Crippen LogP contribution in [0.3, 0.4) is 0 Å². The largest absolute Gasteiger partial charge is 0.494 e. The molecule has 0 saturated heterocycles. The Hall–Kier alpha value is -3.34. The van der Waals surface area contributed by atoms with Crippen LogP contribution in [0.15, 0.2) is 69.9 Å². The molecule has 0 bridgehead atoms. The summed E-state index contributed by atoms with van der Waals surface area (Å²) in [5.74, 6) is 0.727. The Bertz CT molecular complexity index is 1060. The number of carbonyl (C=O) groups excluding carboxylic acids is 1. The molecule has 162 valence electrons. The van der Waals surface area contributed by atoms with E-state index < -0.39 is 11.6 Å². The first-order chi connectivity index (χ1) is 15.1. The summed E-state index contributed by atoms with van der Waals surface area (Å²) in [6, 6.07) is 15.4. The highest BCUT2D eigenvalue weighted by Crippen LogP contribution is 2.20. The Kier molecular flexibility index (Phi) is 8.47. The van der Waals surface area contributed by atoms with Crippen LogP contribution in [0.4, 0.5) is 0 Å². The molecule has 5 nitrogen and oxygen atoms in total. The summed E-state index contributed by atoms with van der Waals surface area (Å²) in [6.07, 6.45) is 10.5. The van der Waals surface area contributed by atoms with E-state index >= 15 is 0 Å². The van der Waals surface area contributed by atoms with Gasteiger partial charge in [0.05, 0.1) is 6.61 Å². The standard InChI is InChI=1S/C26H28O5/c1-2-3-4-5-6-7-18-29-22-12-8-20(9-13-22)10-16-25(27)30-23-14-15-24-21(19-23)11-17-26(28)31-24/h8-17,19H,2-7,18H2,1H3/b16-10+. The third kappa shape index (κ3) is 7.45. The average molecular weight is 421 g/mol. The van der Waals surface area contributed by atoms with Crippen molar-refractivity contribution in [3.05, 3.63) is 76.7 Å². The number of rotatable bonds is 11. The fraction of sp³-hybridized carbons (Fsp3) is 0.308. The Morgan fingerprint density at radius 2 is 1.65 bits per heavy atom. The zero-order chi connectivity index (χ0) is 21.9. The number of hydrogen-bond donors (Lipinski definition) is 0. The second-order valence-electron chi connectivity index (χ2n) is 7.39. The second-order valence-corrected chi connectivity index (χ2v) is 7.39. The maximum Gasteiger partial charge on any atom is 0.336 e. The highest BCUT2D eigenvalue weighted by Gasteiger charge is 2.04. The van der Waals surface area contributed by atoms with Crippen LogP contribution in [-0.4, -0.2) is 12.6 Å². The Labute approximate surface area is 182 Å². The normalized spacial score (nSPS) is 11.1. The molecular weight excluding hydrogens is 392 g/mol. The monoisotopic (exact) mass is 420 g/mol.